The third kappa shape index (κ3) is 3.56. The van der Waals surface area contributed by atoms with Crippen LogP contribution in [0.25, 0.3) is 0 Å². The van der Waals surface area contributed by atoms with Gasteiger partial charge < -0.3 is 5.32 Å². The predicted molar refractivity (Wildman–Crippen MR) is 90.0 cm³/mol. The molecular weight excluding hydrogens is 303 g/mol. The average Bonchev–Trinajstić information content (AvgIpc) is 3.27. The minimum atomic E-state index is 0.557. The van der Waals surface area contributed by atoms with Crippen LogP contribution in [0.2, 0.25) is 10.0 Å². The standard InChI is InChI=1S/C17H24Cl2N2/c1-11(2)16-10-21(17(8-20-16)12-6-7-12)9-13-14(18)4-3-5-15(13)19/h3-5,11-12,16-17,20H,6-10H2,1-2H3. The van der Waals surface area contributed by atoms with Gasteiger partial charge in [0.2, 0.25) is 0 Å². The molecule has 1 aromatic rings. The fourth-order valence-electron chi connectivity index (χ4n) is 3.31. The Labute approximate surface area is 137 Å². The Morgan fingerprint density at radius 2 is 1.90 bits per heavy atom. The molecular formula is C17H24Cl2N2. The molecule has 1 heterocycles. The highest BCUT2D eigenvalue weighted by molar-refractivity contribution is 6.35. The molecule has 0 spiro atoms. The van der Waals surface area contributed by atoms with Gasteiger partial charge in [-0.25, -0.2) is 0 Å². The summed E-state index contributed by atoms with van der Waals surface area (Å²) in [6.45, 7) is 7.62. The molecule has 3 rings (SSSR count). The Hall–Kier alpha value is -0.280. The summed E-state index contributed by atoms with van der Waals surface area (Å²) in [6.07, 6.45) is 2.73. The number of hydrogen-bond acceptors (Lipinski definition) is 2. The van der Waals surface area contributed by atoms with E-state index in [1.165, 1.54) is 12.8 Å². The third-order valence-electron chi connectivity index (χ3n) is 4.88. The van der Waals surface area contributed by atoms with Crippen molar-refractivity contribution < 1.29 is 0 Å². The van der Waals surface area contributed by atoms with E-state index < -0.39 is 0 Å². The molecule has 21 heavy (non-hydrogen) atoms. The lowest BCUT2D eigenvalue weighted by molar-refractivity contribution is 0.0927. The van der Waals surface area contributed by atoms with Gasteiger partial charge in [0, 0.05) is 47.3 Å². The molecule has 1 aliphatic heterocycles. The van der Waals surface area contributed by atoms with Crippen LogP contribution in [-0.2, 0) is 6.54 Å². The molecule has 2 unspecified atom stereocenters. The van der Waals surface area contributed by atoms with Crippen molar-refractivity contribution in [3.63, 3.8) is 0 Å². The molecule has 1 N–H and O–H groups in total. The second-order valence-electron chi connectivity index (χ2n) is 6.79. The molecule has 2 atom stereocenters. The predicted octanol–water partition coefficient (Wildman–Crippen LogP) is 4.20. The van der Waals surface area contributed by atoms with Crippen LogP contribution in [0.3, 0.4) is 0 Å². The fourth-order valence-corrected chi connectivity index (χ4v) is 3.83. The first kappa shape index (κ1) is 15.6. The molecule has 116 valence electrons. The Morgan fingerprint density at radius 1 is 1.24 bits per heavy atom. The van der Waals surface area contributed by atoms with Gasteiger partial charge >= 0.3 is 0 Å². The first-order valence-corrected chi connectivity index (χ1v) is 8.72. The molecule has 2 aliphatic rings. The van der Waals surface area contributed by atoms with Crippen molar-refractivity contribution >= 4 is 23.2 Å². The zero-order chi connectivity index (χ0) is 15.0. The molecule has 0 aromatic heterocycles. The van der Waals surface area contributed by atoms with Gasteiger partial charge in [0.25, 0.3) is 0 Å². The van der Waals surface area contributed by atoms with E-state index in [0.717, 1.165) is 41.2 Å². The Morgan fingerprint density at radius 3 is 2.48 bits per heavy atom. The van der Waals surface area contributed by atoms with Crippen molar-refractivity contribution in [2.24, 2.45) is 11.8 Å². The van der Waals surface area contributed by atoms with Crippen molar-refractivity contribution in [2.45, 2.75) is 45.3 Å². The maximum Gasteiger partial charge on any atom is 0.0465 e. The van der Waals surface area contributed by atoms with Crippen molar-refractivity contribution in [3.8, 4) is 0 Å². The number of nitrogens with one attached hydrogen (secondary N) is 1. The van der Waals surface area contributed by atoms with E-state index >= 15 is 0 Å². The lowest BCUT2D eigenvalue weighted by Crippen LogP contribution is -2.58. The van der Waals surface area contributed by atoms with Gasteiger partial charge in [-0.1, -0.05) is 43.1 Å². The van der Waals surface area contributed by atoms with E-state index in [0.29, 0.717) is 18.0 Å². The van der Waals surface area contributed by atoms with Gasteiger partial charge in [0.15, 0.2) is 0 Å². The highest BCUT2D eigenvalue weighted by Crippen LogP contribution is 2.38. The zero-order valence-electron chi connectivity index (χ0n) is 12.8. The van der Waals surface area contributed by atoms with Gasteiger partial charge in [-0.2, -0.15) is 0 Å². The van der Waals surface area contributed by atoms with Gasteiger partial charge in [-0.3, -0.25) is 4.90 Å². The maximum absolute atomic E-state index is 6.36. The Bertz CT molecular complexity index is 479. The van der Waals surface area contributed by atoms with Crippen molar-refractivity contribution in [2.75, 3.05) is 13.1 Å². The average molecular weight is 327 g/mol. The summed E-state index contributed by atoms with van der Waals surface area (Å²) in [4.78, 5) is 2.60. The van der Waals surface area contributed by atoms with Gasteiger partial charge in [-0.15, -0.1) is 0 Å². The number of rotatable bonds is 4. The van der Waals surface area contributed by atoms with Crippen molar-refractivity contribution in [1.29, 1.82) is 0 Å². The summed E-state index contributed by atoms with van der Waals surface area (Å²) in [6, 6.07) is 6.99. The first-order chi connectivity index (χ1) is 10.1. The number of halogens is 2. The summed E-state index contributed by atoms with van der Waals surface area (Å²) in [5.74, 6) is 1.50. The summed E-state index contributed by atoms with van der Waals surface area (Å²) in [5.41, 5.74) is 1.08. The van der Waals surface area contributed by atoms with E-state index in [1.807, 2.05) is 18.2 Å². The molecule has 0 bridgehead atoms. The smallest absolute Gasteiger partial charge is 0.0465 e. The first-order valence-electron chi connectivity index (χ1n) is 7.96. The topological polar surface area (TPSA) is 15.3 Å². The molecule has 4 heteroatoms. The van der Waals surface area contributed by atoms with Crippen LogP contribution in [0.15, 0.2) is 18.2 Å². The van der Waals surface area contributed by atoms with E-state index in [1.54, 1.807) is 0 Å². The number of nitrogens with zero attached hydrogens (tertiary/aromatic N) is 1. The lowest BCUT2D eigenvalue weighted by Gasteiger charge is -2.42. The third-order valence-corrected chi connectivity index (χ3v) is 5.59. The van der Waals surface area contributed by atoms with Crippen LogP contribution >= 0.6 is 23.2 Å². The molecule has 1 saturated carbocycles. The highest BCUT2D eigenvalue weighted by atomic mass is 35.5. The zero-order valence-corrected chi connectivity index (χ0v) is 14.3. The highest BCUT2D eigenvalue weighted by Gasteiger charge is 2.39. The molecule has 2 fully saturated rings. The summed E-state index contributed by atoms with van der Waals surface area (Å²) >= 11 is 12.7. The lowest BCUT2D eigenvalue weighted by atomic mass is 9.97. The summed E-state index contributed by atoms with van der Waals surface area (Å²) in [7, 11) is 0. The molecule has 0 radical (unpaired) electrons. The van der Waals surface area contributed by atoms with Crippen LogP contribution in [0.5, 0.6) is 0 Å². The van der Waals surface area contributed by atoms with Crippen LogP contribution in [0, 0.1) is 11.8 Å². The van der Waals surface area contributed by atoms with Gasteiger partial charge in [0.05, 0.1) is 0 Å². The largest absolute Gasteiger partial charge is 0.311 e. The number of hydrogen-bond donors (Lipinski definition) is 1. The Kier molecular flexibility index (Phi) is 4.80. The molecule has 1 aliphatic carbocycles. The van der Waals surface area contributed by atoms with E-state index in [4.69, 9.17) is 23.2 Å². The van der Waals surface area contributed by atoms with Gasteiger partial charge in [-0.05, 0) is 36.8 Å². The normalized spacial score (nSPS) is 27.3. The minimum Gasteiger partial charge on any atom is -0.311 e. The monoisotopic (exact) mass is 326 g/mol. The number of piperazine rings is 1. The van der Waals surface area contributed by atoms with Crippen LogP contribution in [0.4, 0.5) is 0 Å². The van der Waals surface area contributed by atoms with Gasteiger partial charge in [0.1, 0.15) is 0 Å². The second kappa shape index (κ2) is 6.45. The summed E-state index contributed by atoms with van der Waals surface area (Å²) < 4.78 is 0. The van der Waals surface area contributed by atoms with Crippen molar-refractivity contribution in [1.82, 2.24) is 10.2 Å². The molecule has 1 aromatic carbocycles. The van der Waals surface area contributed by atoms with E-state index in [2.05, 4.69) is 24.1 Å². The molecule has 0 amide bonds. The van der Waals surface area contributed by atoms with Crippen LogP contribution in [0.1, 0.15) is 32.3 Å². The second-order valence-corrected chi connectivity index (χ2v) is 7.61. The number of benzene rings is 1. The SMILES string of the molecule is CC(C)C1CN(Cc2c(Cl)cccc2Cl)C(C2CC2)CN1. The van der Waals surface area contributed by atoms with E-state index in [-0.39, 0.29) is 0 Å². The minimum absolute atomic E-state index is 0.557. The van der Waals surface area contributed by atoms with Crippen molar-refractivity contribution in [3.05, 3.63) is 33.8 Å². The fraction of sp³-hybridized carbons (Fsp3) is 0.647. The Balaban J connectivity index is 1.78. The quantitative estimate of drug-likeness (QED) is 0.891. The maximum atomic E-state index is 6.36. The van der Waals surface area contributed by atoms with Crippen LogP contribution < -0.4 is 5.32 Å². The van der Waals surface area contributed by atoms with Crippen LogP contribution in [-0.4, -0.2) is 30.1 Å². The molecule has 1 saturated heterocycles. The molecule has 2 nitrogen and oxygen atoms in total. The van der Waals surface area contributed by atoms with E-state index in [9.17, 15) is 0 Å². The summed E-state index contributed by atoms with van der Waals surface area (Å²) in [5, 5.41) is 5.30.